The zero-order chi connectivity index (χ0) is 13.8. The van der Waals surface area contributed by atoms with Crippen LogP contribution in [0, 0.1) is 0 Å². The Morgan fingerprint density at radius 2 is 1.95 bits per heavy atom. The zero-order valence-electron chi connectivity index (χ0n) is 11.1. The van der Waals surface area contributed by atoms with E-state index in [1.54, 1.807) is 11.3 Å². The van der Waals surface area contributed by atoms with E-state index in [0.29, 0.717) is 6.54 Å². The second-order valence-corrected chi connectivity index (χ2v) is 5.62. The van der Waals surface area contributed by atoms with Gasteiger partial charge >= 0.3 is 0 Å². The number of rotatable bonds is 5. The SMILES string of the molecule is NCc1nnn(Cc2ccccc2)c1Cc1cccs1. The fraction of sp³-hybridized carbons (Fsp3) is 0.200. The van der Waals surface area contributed by atoms with E-state index in [-0.39, 0.29) is 0 Å². The van der Waals surface area contributed by atoms with Gasteiger partial charge in [0.05, 0.1) is 17.9 Å². The number of aromatic nitrogens is 3. The molecule has 3 aromatic rings. The highest BCUT2D eigenvalue weighted by Crippen LogP contribution is 2.17. The summed E-state index contributed by atoms with van der Waals surface area (Å²) in [4.78, 5) is 1.30. The molecule has 5 heteroatoms. The Kier molecular flexibility index (Phi) is 3.90. The third kappa shape index (κ3) is 2.79. The molecule has 0 amide bonds. The van der Waals surface area contributed by atoms with Crippen molar-refractivity contribution >= 4 is 11.3 Å². The van der Waals surface area contributed by atoms with E-state index in [4.69, 9.17) is 5.73 Å². The lowest BCUT2D eigenvalue weighted by Crippen LogP contribution is -2.09. The molecule has 102 valence electrons. The van der Waals surface area contributed by atoms with Gasteiger partial charge in [-0.3, -0.25) is 0 Å². The van der Waals surface area contributed by atoms with E-state index in [1.807, 2.05) is 22.9 Å². The highest BCUT2D eigenvalue weighted by Gasteiger charge is 2.13. The van der Waals surface area contributed by atoms with Crippen LogP contribution in [0.5, 0.6) is 0 Å². The minimum Gasteiger partial charge on any atom is -0.325 e. The molecule has 20 heavy (non-hydrogen) atoms. The van der Waals surface area contributed by atoms with Gasteiger partial charge in [0, 0.05) is 17.8 Å². The lowest BCUT2D eigenvalue weighted by Gasteiger charge is -2.07. The molecule has 0 fully saturated rings. The van der Waals surface area contributed by atoms with Crippen molar-refractivity contribution < 1.29 is 0 Å². The molecule has 3 rings (SSSR count). The summed E-state index contributed by atoms with van der Waals surface area (Å²) in [6.45, 7) is 1.16. The first-order valence-electron chi connectivity index (χ1n) is 6.54. The van der Waals surface area contributed by atoms with Gasteiger partial charge in [-0.25, -0.2) is 4.68 Å². The number of nitrogens with zero attached hydrogens (tertiary/aromatic N) is 3. The smallest absolute Gasteiger partial charge is 0.0998 e. The van der Waals surface area contributed by atoms with Crippen LogP contribution in [0.3, 0.4) is 0 Å². The molecule has 0 spiro atoms. The Morgan fingerprint density at radius 3 is 2.65 bits per heavy atom. The van der Waals surface area contributed by atoms with E-state index >= 15 is 0 Å². The van der Waals surface area contributed by atoms with Gasteiger partial charge in [-0.15, -0.1) is 16.4 Å². The van der Waals surface area contributed by atoms with Gasteiger partial charge in [0.2, 0.25) is 0 Å². The molecule has 0 aliphatic carbocycles. The molecule has 0 aliphatic heterocycles. The standard InChI is InChI=1S/C15H16N4S/c16-10-14-15(9-13-7-4-8-20-13)19(18-17-14)11-12-5-2-1-3-6-12/h1-8H,9-11,16H2. The number of hydrogen-bond acceptors (Lipinski definition) is 4. The van der Waals surface area contributed by atoms with Crippen LogP contribution >= 0.6 is 11.3 Å². The first-order chi connectivity index (χ1) is 9.86. The van der Waals surface area contributed by atoms with Crippen LogP contribution in [0.15, 0.2) is 47.8 Å². The van der Waals surface area contributed by atoms with Crippen molar-refractivity contribution in [2.75, 3.05) is 0 Å². The third-order valence-corrected chi connectivity index (χ3v) is 4.08. The summed E-state index contributed by atoms with van der Waals surface area (Å²) in [5.41, 5.74) is 8.98. The lowest BCUT2D eigenvalue weighted by atomic mass is 10.2. The van der Waals surface area contributed by atoms with Gasteiger partial charge < -0.3 is 5.73 Å². The quantitative estimate of drug-likeness (QED) is 0.783. The summed E-state index contributed by atoms with van der Waals surface area (Å²) >= 11 is 1.75. The van der Waals surface area contributed by atoms with Crippen molar-refractivity contribution in [1.82, 2.24) is 15.0 Å². The second-order valence-electron chi connectivity index (χ2n) is 4.59. The molecule has 0 atom stereocenters. The number of thiophene rings is 1. The van der Waals surface area contributed by atoms with Crippen LogP contribution in [0.4, 0.5) is 0 Å². The van der Waals surface area contributed by atoms with E-state index in [2.05, 4.69) is 40.0 Å². The average molecular weight is 284 g/mol. The Bertz CT molecular complexity index is 659. The molecule has 2 aromatic heterocycles. The number of nitrogens with two attached hydrogens (primary N) is 1. The second kappa shape index (κ2) is 5.98. The fourth-order valence-corrected chi connectivity index (χ4v) is 2.89. The Morgan fingerprint density at radius 1 is 1.10 bits per heavy atom. The normalized spacial score (nSPS) is 10.8. The molecule has 0 saturated carbocycles. The Labute approximate surface area is 121 Å². The summed E-state index contributed by atoms with van der Waals surface area (Å²) in [5.74, 6) is 0. The third-order valence-electron chi connectivity index (χ3n) is 3.21. The van der Waals surface area contributed by atoms with Gasteiger partial charge in [-0.05, 0) is 17.0 Å². The molecule has 0 aliphatic rings. The fourth-order valence-electron chi connectivity index (χ4n) is 2.18. The van der Waals surface area contributed by atoms with Crippen molar-refractivity contribution in [2.24, 2.45) is 5.73 Å². The van der Waals surface area contributed by atoms with E-state index in [1.165, 1.54) is 10.4 Å². The molecule has 2 heterocycles. The van der Waals surface area contributed by atoms with Gasteiger partial charge in [0.15, 0.2) is 0 Å². The maximum atomic E-state index is 5.77. The van der Waals surface area contributed by atoms with Crippen molar-refractivity contribution in [3.05, 3.63) is 69.7 Å². The summed E-state index contributed by atoms with van der Waals surface area (Å²) in [6, 6.07) is 14.5. The predicted molar refractivity (Wildman–Crippen MR) is 80.6 cm³/mol. The summed E-state index contributed by atoms with van der Waals surface area (Å²) < 4.78 is 1.96. The molecule has 2 N–H and O–H groups in total. The Balaban J connectivity index is 1.89. The molecule has 1 aromatic carbocycles. The molecule has 0 unspecified atom stereocenters. The zero-order valence-corrected chi connectivity index (χ0v) is 11.9. The summed E-state index contributed by atoms with van der Waals surface area (Å²) in [7, 11) is 0. The van der Waals surface area contributed by atoms with Gasteiger partial charge in [0.1, 0.15) is 0 Å². The van der Waals surface area contributed by atoms with Gasteiger partial charge in [-0.2, -0.15) is 0 Å². The molecule has 4 nitrogen and oxygen atoms in total. The van der Waals surface area contributed by atoms with E-state index in [9.17, 15) is 0 Å². The van der Waals surface area contributed by atoms with Crippen LogP contribution in [0.25, 0.3) is 0 Å². The first-order valence-corrected chi connectivity index (χ1v) is 7.42. The molecular formula is C15H16N4S. The van der Waals surface area contributed by atoms with Gasteiger partial charge in [0.25, 0.3) is 0 Å². The predicted octanol–water partition coefficient (Wildman–Crippen LogP) is 2.44. The highest BCUT2D eigenvalue weighted by atomic mass is 32.1. The average Bonchev–Trinajstić information content (AvgIpc) is 3.11. The van der Waals surface area contributed by atoms with E-state index in [0.717, 1.165) is 24.4 Å². The van der Waals surface area contributed by atoms with Crippen LogP contribution in [-0.4, -0.2) is 15.0 Å². The minimum absolute atomic E-state index is 0.426. The maximum Gasteiger partial charge on any atom is 0.0998 e. The van der Waals surface area contributed by atoms with Crippen molar-refractivity contribution in [3.8, 4) is 0 Å². The Hall–Kier alpha value is -1.98. The van der Waals surface area contributed by atoms with Crippen LogP contribution in [0.1, 0.15) is 21.8 Å². The molecule has 0 radical (unpaired) electrons. The monoisotopic (exact) mass is 284 g/mol. The first kappa shape index (κ1) is 13.0. The molecule has 0 bridgehead atoms. The molecular weight excluding hydrogens is 268 g/mol. The topological polar surface area (TPSA) is 56.7 Å². The summed E-state index contributed by atoms with van der Waals surface area (Å²) in [5, 5.41) is 10.5. The lowest BCUT2D eigenvalue weighted by molar-refractivity contribution is 0.626. The van der Waals surface area contributed by atoms with E-state index < -0.39 is 0 Å². The molecule has 0 saturated heterocycles. The van der Waals surface area contributed by atoms with Gasteiger partial charge in [-0.1, -0.05) is 41.6 Å². The number of benzene rings is 1. The van der Waals surface area contributed by atoms with Crippen molar-refractivity contribution in [3.63, 3.8) is 0 Å². The maximum absolute atomic E-state index is 5.77. The van der Waals surface area contributed by atoms with Crippen LogP contribution < -0.4 is 5.73 Å². The van der Waals surface area contributed by atoms with Crippen molar-refractivity contribution in [1.29, 1.82) is 0 Å². The van der Waals surface area contributed by atoms with Crippen molar-refractivity contribution in [2.45, 2.75) is 19.5 Å². The summed E-state index contributed by atoms with van der Waals surface area (Å²) in [6.07, 6.45) is 0.837. The van der Waals surface area contributed by atoms with Crippen LogP contribution in [-0.2, 0) is 19.5 Å². The van der Waals surface area contributed by atoms with Crippen LogP contribution in [0.2, 0.25) is 0 Å². The largest absolute Gasteiger partial charge is 0.325 e. The minimum atomic E-state index is 0.426. The highest BCUT2D eigenvalue weighted by molar-refractivity contribution is 7.09. The number of hydrogen-bond donors (Lipinski definition) is 1.